The first-order valence-corrected chi connectivity index (χ1v) is 14.4. The monoisotopic (exact) mass is 512 g/mol. The van der Waals surface area contributed by atoms with Gasteiger partial charge in [0, 0.05) is 42.6 Å². The van der Waals surface area contributed by atoms with Crippen LogP contribution in [0, 0.1) is 0 Å². The molecule has 0 aromatic carbocycles. The Labute approximate surface area is 199 Å². The van der Waals surface area contributed by atoms with E-state index in [2.05, 4.69) is 10.6 Å². The molecule has 2 fully saturated rings. The second-order valence-electron chi connectivity index (χ2n) is 8.07. The molecule has 2 heterocycles. The Kier molecular flexibility index (Phi) is 10.9. The van der Waals surface area contributed by atoms with Crippen LogP contribution in [0.1, 0.15) is 62.8 Å². The first kappa shape index (κ1) is 24.4. The molecule has 4 atom stereocenters. The maximum absolute atomic E-state index is 6.33. The van der Waals surface area contributed by atoms with Crippen molar-refractivity contribution in [3.05, 3.63) is 28.5 Å². The number of hydrogen-bond acceptors (Lipinski definition) is 5. The fourth-order valence-corrected chi connectivity index (χ4v) is 4.81. The molecule has 5 nitrogen and oxygen atoms in total. The number of fused-ring (bicyclic) bond motifs is 4. The zero-order chi connectivity index (χ0) is 21.2. The first-order valence-electron chi connectivity index (χ1n) is 10.8. The van der Waals surface area contributed by atoms with E-state index in [4.69, 9.17) is 46.8 Å². The fraction of sp³-hybridized carbons (Fsp3) is 0.667. The topological polar surface area (TPSA) is 61.7 Å². The van der Waals surface area contributed by atoms with Gasteiger partial charge in [-0.1, -0.05) is 37.3 Å². The van der Waals surface area contributed by atoms with Crippen molar-refractivity contribution in [3.63, 3.8) is 0 Å². The summed E-state index contributed by atoms with van der Waals surface area (Å²) in [6.07, 6.45) is 13.6. The molecule has 0 amide bonds. The summed E-state index contributed by atoms with van der Waals surface area (Å²) in [5.74, 6) is 0. The molecule has 0 radical (unpaired) electrons. The normalized spacial score (nSPS) is 29.4. The number of nitrogens with one attached hydrogen (secondary N) is 2. The molecular weight excluding hydrogens is 484 g/mol. The molecule has 1 aromatic heterocycles. The van der Waals surface area contributed by atoms with E-state index in [1.165, 1.54) is 38.5 Å². The molecule has 2 N–H and O–H groups in total. The molecule has 9 heteroatoms. The number of aliphatic imine (C=N–C) groups is 2. The average Bonchev–Trinajstić information content (AvgIpc) is 2.75. The molecule has 30 heavy (non-hydrogen) atoms. The van der Waals surface area contributed by atoms with Crippen LogP contribution in [-0.4, -0.2) is 54.7 Å². The number of hydrogen-bond donors (Lipinski definition) is 2. The van der Waals surface area contributed by atoms with E-state index in [1.807, 2.05) is 24.6 Å². The van der Waals surface area contributed by atoms with E-state index in [0.29, 0.717) is 29.2 Å². The summed E-state index contributed by atoms with van der Waals surface area (Å²) < 4.78 is 0. The SMILES string of the molecule is Clc1cc2nc(c1)C=N[C@@H]1CCCCC1NCCN[C@@H]1CCCCC1N=C2.[Cl][Mn][Cl]. The van der Waals surface area contributed by atoms with Crippen LogP contribution < -0.4 is 10.6 Å². The van der Waals surface area contributed by atoms with E-state index >= 15 is 0 Å². The van der Waals surface area contributed by atoms with E-state index in [1.54, 1.807) is 0 Å². The summed E-state index contributed by atoms with van der Waals surface area (Å²) in [4.78, 5) is 14.4. The maximum atomic E-state index is 6.33. The minimum atomic E-state index is 0.00694. The van der Waals surface area contributed by atoms with Gasteiger partial charge >= 0.3 is 33.3 Å². The molecule has 2 bridgehead atoms. The second-order valence-corrected chi connectivity index (χ2v) is 10.5. The van der Waals surface area contributed by atoms with Crippen LogP contribution in [0.3, 0.4) is 0 Å². The molecule has 3 aliphatic rings. The molecule has 4 rings (SSSR count). The van der Waals surface area contributed by atoms with Crippen molar-refractivity contribution in [2.75, 3.05) is 13.1 Å². The third-order valence-electron chi connectivity index (χ3n) is 6.02. The van der Waals surface area contributed by atoms with Gasteiger partial charge in [0.05, 0.1) is 23.5 Å². The fourth-order valence-electron chi connectivity index (χ4n) is 4.59. The van der Waals surface area contributed by atoms with Gasteiger partial charge in [-0.15, -0.1) is 0 Å². The van der Waals surface area contributed by atoms with Gasteiger partial charge < -0.3 is 10.6 Å². The van der Waals surface area contributed by atoms with E-state index in [0.717, 1.165) is 37.3 Å². The molecule has 0 spiro atoms. The zero-order valence-electron chi connectivity index (χ0n) is 17.0. The van der Waals surface area contributed by atoms with Gasteiger partial charge in [-0.2, -0.15) is 0 Å². The van der Waals surface area contributed by atoms with Crippen LogP contribution in [0.5, 0.6) is 0 Å². The van der Waals surface area contributed by atoms with Crippen molar-refractivity contribution in [3.8, 4) is 0 Å². The predicted molar refractivity (Wildman–Crippen MR) is 124 cm³/mol. The van der Waals surface area contributed by atoms with E-state index in [-0.39, 0.29) is 13.1 Å². The second kappa shape index (κ2) is 13.4. The number of nitrogens with zero attached hydrogens (tertiary/aromatic N) is 3. The Morgan fingerprint density at radius 1 is 0.767 bits per heavy atom. The third kappa shape index (κ3) is 7.74. The predicted octanol–water partition coefficient (Wildman–Crippen LogP) is 4.76. The van der Waals surface area contributed by atoms with E-state index in [9.17, 15) is 0 Å². The standard InChI is InChI=1S/C21H30ClN5.2ClH.Mn/c22-15-11-16-13-25-20-7-3-1-5-18(20)23-9-10-24-19-6-2-4-8-21(19)26-14-17(12-15)27-16;;;/h11-14,18-21,23-24H,1-10H2;2*1H;/q;;;+2/p-2/t18-,19?,20?,21-;;;/m1.../s1. The Morgan fingerprint density at radius 2 is 1.20 bits per heavy atom. The number of rotatable bonds is 0. The van der Waals surface area contributed by atoms with Gasteiger partial charge in [-0.25, -0.2) is 4.98 Å². The van der Waals surface area contributed by atoms with Crippen molar-refractivity contribution in [1.29, 1.82) is 0 Å². The minimum absolute atomic E-state index is 0.00694. The van der Waals surface area contributed by atoms with Gasteiger partial charge in [-0.3, -0.25) is 9.98 Å². The van der Waals surface area contributed by atoms with Crippen LogP contribution in [0.25, 0.3) is 0 Å². The quantitative estimate of drug-likeness (QED) is 0.492. The molecule has 2 unspecified atom stereocenters. The zero-order valence-corrected chi connectivity index (χ0v) is 20.5. The van der Waals surface area contributed by atoms with Crippen LogP contribution >= 0.6 is 31.8 Å². The van der Waals surface area contributed by atoms with Crippen molar-refractivity contribution >= 4 is 44.2 Å². The van der Waals surface area contributed by atoms with Crippen LogP contribution in [0.4, 0.5) is 0 Å². The van der Waals surface area contributed by atoms with Crippen molar-refractivity contribution < 1.29 is 13.1 Å². The Morgan fingerprint density at radius 3 is 1.67 bits per heavy atom. The number of pyridine rings is 1. The molecule has 167 valence electrons. The van der Waals surface area contributed by atoms with Crippen LogP contribution in [0.15, 0.2) is 22.1 Å². The van der Waals surface area contributed by atoms with Gasteiger partial charge in [0.1, 0.15) is 0 Å². The van der Waals surface area contributed by atoms with Crippen LogP contribution in [-0.2, 0) is 13.1 Å². The van der Waals surface area contributed by atoms with Crippen molar-refractivity contribution in [2.24, 2.45) is 9.98 Å². The molecule has 0 saturated heterocycles. The molecule has 2 aliphatic carbocycles. The summed E-state index contributed by atoms with van der Waals surface area (Å²) in [6.45, 7) is 1.98. The van der Waals surface area contributed by atoms with Crippen molar-refractivity contribution in [2.45, 2.75) is 75.5 Å². The Bertz CT molecular complexity index is 664. The number of aromatic nitrogens is 1. The summed E-state index contributed by atoms with van der Waals surface area (Å²) in [7, 11) is 9.59. The van der Waals surface area contributed by atoms with Gasteiger partial charge in [0.2, 0.25) is 0 Å². The van der Waals surface area contributed by atoms with Gasteiger partial charge in [0.25, 0.3) is 0 Å². The molecule has 1 aromatic rings. The Balaban J connectivity index is 0.000000806. The van der Waals surface area contributed by atoms with E-state index < -0.39 is 0 Å². The summed E-state index contributed by atoms with van der Waals surface area (Å²) in [5, 5.41) is 8.18. The summed E-state index contributed by atoms with van der Waals surface area (Å²) >= 11 is 6.33. The molecule has 1 aliphatic heterocycles. The summed E-state index contributed by atoms with van der Waals surface area (Å²) in [6, 6.07) is 5.33. The summed E-state index contributed by atoms with van der Waals surface area (Å²) in [5.41, 5.74) is 1.64. The van der Waals surface area contributed by atoms with Gasteiger partial charge in [-0.05, 0) is 37.8 Å². The molecular formula is C21H30Cl3MnN5. The number of halogens is 3. The van der Waals surface area contributed by atoms with Crippen molar-refractivity contribution in [1.82, 2.24) is 15.6 Å². The molecule has 2 saturated carbocycles. The average molecular weight is 514 g/mol. The third-order valence-corrected chi connectivity index (χ3v) is 6.24. The van der Waals surface area contributed by atoms with Gasteiger partial charge in [0.15, 0.2) is 0 Å². The Hall–Kier alpha value is -0.201. The first-order chi connectivity index (χ1) is 14.7. The van der Waals surface area contributed by atoms with Crippen LogP contribution in [0.2, 0.25) is 5.02 Å².